The minimum atomic E-state index is 0.489. The molecule has 0 aromatic heterocycles. The Bertz CT molecular complexity index is 191. The minimum absolute atomic E-state index is 0.489. The molecule has 0 spiro atoms. The van der Waals surface area contributed by atoms with Gasteiger partial charge in [0, 0.05) is 10.8 Å². The first kappa shape index (κ1) is 11.8. The molecule has 0 amide bonds. The highest BCUT2D eigenvalue weighted by molar-refractivity contribution is 8.00. The van der Waals surface area contributed by atoms with Gasteiger partial charge in [0.15, 0.2) is 0 Å². The van der Waals surface area contributed by atoms with Crippen LogP contribution in [0.1, 0.15) is 52.4 Å². The van der Waals surface area contributed by atoms with E-state index in [0.717, 1.165) is 11.2 Å². The van der Waals surface area contributed by atoms with Crippen LogP contribution in [0.4, 0.5) is 0 Å². The molecule has 0 radical (unpaired) electrons. The summed E-state index contributed by atoms with van der Waals surface area (Å²) in [4.78, 5) is 0. The summed E-state index contributed by atoms with van der Waals surface area (Å²) in [5.41, 5.74) is 0.489. The van der Waals surface area contributed by atoms with Crippen LogP contribution in [0.25, 0.3) is 0 Å². The Kier molecular flexibility index (Phi) is 4.00. The Labute approximate surface area is 98.8 Å². The van der Waals surface area contributed by atoms with Crippen LogP contribution in [0.5, 0.6) is 0 Å². The minimum Gasteiger partial charge on any atom is -0.311 e. The summed E-state index contributed by atoms with van der Waals surface area (Å²) >= 11 is 2.21. The van der Waals surface area contributed by atoms with E-state index < -0.39 is 0 Å². The Hall–Kier alpha value is 0.310. The lowest BCUT2D eigenvalue weighted by Crippen LogP contribution is -2.45. The van der Waals surface area contributed by atoms with E-state index in [0.29, 0.717) is 5.54 Å². The molecule has 0 aliphatic carbocycles. The van der Waals surface area contributed by atoms with Crippen molar-refractivity contribution in [2.24, 2.45) is 5.92 Å². The first-order valence-electron chi connectivity index (χ1n) is 6.59. The predicted molar refractivity (Wildman–Crippen MR) is 69.5 cm³/mol. The molecule has 0 aromatic rings. The summed E-state index contributed by atoms with van der Waals surface area (Å²) in [6.07, 6.45) is 8.56. The largest absolute Gasteiger partial charge is 0.311 e. The van der Waals surface area contributed by atoms with Crippen molar-refractivity contribution in [1.29, 1.82) is 0 Å². The third-order valence-corrected chi connectivity index (χ3v) is 5.79. The molecule has 1 nitrogen and oxygen atoms in total. The molecule has 2 heterocycles. The Balaban J connectivity index is 1.83. The number of rotatable bonds is 4. The van der Waals surface area contributed by atoms with Gasteiger partial charge >= 0.3 is 0 Å². The van der Waals surface area contributed by atoms with Gasteiger partial charge in [-0.05, 0) is 56.7 Å². The summed E-state index contributed by atoms with van der Waals surface area (Å²) < 4.78 is 0. The summed E-state index contributed by atoms with van der Waals surface area (Å²) in [7, 11) is 0. The van der Waals surface area contributed by atoms with Crippen LogP contribution in [0, 0.1) is 5.92 Å². The lowest BCUT2D eigenvalue weighted by atomic mass is 9.80. The van der Waals surface area contributed by atoms with E-state index in [1.54, 1.807) is 0 Å². The van der Waals surface area contributed by atoms with E-state index in [-0.39, 0.29) is 0 Å². The highest BCUT2D eigenvalue weighted by atomic mass is 32.2. The van der Waals surface area contributed by atoms with Gasteiger partial charge in [-0.25, -0.2) is 0 Å². The molecule has 2 aliphatic heterocycles. The maximum atomic E-state index is 3.78. The van der Waals surface area contributed by atoms with Gasteiger partial charge in [0.25, 0.3) is 0 Å². The second kappa shape index (κ2) is 5.09. The van der Waals surface area contributed by atoms with Crippen molar-refractivity contribution in [3.63, 3.8) is 0 Å². The molecule has 2 fully saturated rings. The van der Waals surface area contributed by atoms with Crippen molar-refractivity contribution in [1.82, 2.24) is 5.32 Å². The quantitative estimate of drug-likeness (QED) is 0.789. The van der Waals surface area contributed by atoms with Crippen LogP contribution < -0.4 is 5.32 Å². The topological polar surface area (TPSA) is 12.0 Å². The molecule has 2 rings (SSSR count). The third-order valence-electron chi connectivity index (χ3n) is 4.32. The van der Waals surface area contributed by atoms with Gasteiger partial charge in [0.2, 0.25) is 0 Å². The second-order valence-electron chi connectivity index (χ2n) is 5.51. The molecule has 0 aromatic carbocycles. The normalized spacial score (nSPS) is 36.6. The fourth-order valence-corrected chi connectivity index (χ4v) is 4.40. The number of nitrogens with one attached hydrogen (secondary N) is 1. The monoisotopic (exact) mass is 227 g/mol. The molecule has 2 heteroatoms. The van der Waals surface area contributed by atoms with Gasteiger partial charge in [0.05, 0.1) is 0 Å². The van der Waals surface area contributed by atoms with Gasteiger partial charge in [0.1, 0.15) is 0 Å². The van der Waals surface area contributed by atoms with Crippen LogP contribution in [0.2, 0.25) is 0 Å². The van der Waals surface area contributed by atoms with Gasteiger partial charge in [-0.2, -0.15) is 11.8 Å². The molecule has 1 N–H and O–H groups in total. The average Bonchev–Trinajstić information content (AvgIpc) is 2.87. The third kappa shape index (κ3) is 2.71. The lowest BCUT2D eigenvalue weighted by molar-refractivity contribution is 0.245. The van der Waals surface area contributed by atoms with Crippen LogP contribution in [-0.4, -0.2) is 23.1 Å². The predicted octanol–water partition coefficient (Wildman–Crippen LogP) is 3.44. The van der Waals surface area contributed by atoms with Gasteiger partial charge in [-0.15, -0.1) is 0 Å². The van der Waals surface area contributed by atoms with Crippen molar-refractivity contribution in [3.8, 4) is 0 Å². The SMILES string of the molecule is CC(C)C1(CCC2CCCS2)CCCN1. The Morgan fingerprint density at radius 3 is 2.80 bits per heavy atom. The molecule has 0 bridgehead atoms. The molecule has 2 saturated heterocycles. The molecular formula is C13H25NS. The number of hydrogen-bond donors (Lipinski definition) is 1. The fraction of sp³-hybridized carbons (Fsp3) is 1.00. The van der Waals surface area contributed by atoms with Crippen molar-refractivity contribution in [2.45, 2.75) is 63.2 Å². The Morgan fingerprint density at radius 2 is 2.27 bits per heavy atom. The zero-order valence-electron chi connectivity index (χ0n) is 10.2. The molecule has 0 saturated carbocycles. The maximum Gasteiger partial charge on any atom is 0.0205 e. The zero-order valence-corrected chi connectivity index (χ0v) is 11.0. The summed E-state index contributed by atoms with van der Waals surface area (Å²) in [5.74, 6) is 2.21. The van der Waals surface area contributed by atoms with Gasteiger partial charge < -0.3 is 5.32 Å². The lowest BCUT2D eigenvalue weighted by Gasteiger charge is -2.35. The molecule has 2 aliphatic rings. The van der Waals surface area contributed by atoms with E-state index in [4.69, 9.17) is 0 Å². The van der Waals surface area contributed by atoms with Gasteiger partial charge in [-0.3, -0.25) is 0 Å². The first-order valence-corrected chi connectivity index (χ1v) is 7.64. The van der Waals surface area contributed by atoms with E-state index in [1.807, 2.05) is 0 Å². The molecular weight excluding hydrogens is 202 g/mol. The van der Waals surface area contributed by atoms with Crippen molar-refractivity contribution >= 4 is 11.8 Å². The van der Waals surface area contributed by atoms with Crippen molar-refractivity contribution in [2.75, 3.05) is 12.3 Å². The molecule has 2 unspecified atom stereocenters. The van der Waals surface area contributed by atoms with Crippen LogP contribution in [-0.2, 0) is 0 Å². The Morgan fingerprint density at radius 1 is 1.40 bits per heavy atom. The van der Waals surface area contributed by atoms with E-state index in [2.05, 4.69) is 30.9 Å². The molecule has 88 valence electrons. The molecule has 15 heavy (non-hydrogen) atoms. The van der Waals surface area contributed by atoms with Crippen LogP contribution in [0.15, 0.2) is 0 Å². The van der Waals surface area contributed by atoms with E-state index in [1.165, 1.54) is 50.8 Å². The van der Waals surface area contributed by atoms with E-state index in [9.17, 15) is 0 Å². The summed E-state index contributed by atoms with van der Waals surface area (Å²) in [5, 5.41) is 4.76. The standard InChI is InChI=1S/C13H25NS/c1-11(2)13(7-4-9-14-13)8-6-12-5-3-10-15-12/h11-12,14H,3-10H2,1-2H3. The van der Waals surface area contributed by atoms with Gasteiger partial charge in [-0.1, -0.05) is 13.8 Å². The number of hydrogen-bond acceptors (Lipinski definition) is 2. The highest BCUT2D eigenvalue weighted by Gasteiger charge is 2.36. The van der Waals surface area contributed by atoms with Crippen molar-refractivity contribution < 1.29 is 0 Å². The van der Waals surface area contributed by atoms with Crippen LogP contribution in [0.3, 0.4) is 0 Å². The maximum absolute atomic E-state index is 3.78. The average molecular weight is 227 g/mol. The summed E-state index contributed by atoms with van der Waals surface area (Å²) in [6.45, 7) is 6.02. The number of thioether (sulfide) groups is 1. The first-order chi connectivity index (χ1) is 7.23. The van der Waals surface area contributed by atoms with E-state index >= 15 is 0 Å². The summed E-state index contributed by atoms with van der Waals surface area (Å²) in [6, 6.07) is 0. The zero-order chi connectivity index (χ0) is 10.7. The smallest absolute Gasteiger partial charge is 0.0205 e. The van der Waals surface area contributed by atoms with Crippen molar-refractivity contribution in [3.05, 3.63) is 0 Å². The van der Waals surface area contributed by atoms with Crippen LogP contribution >= 0.6 is 11.8 Å². The fourth-order valence-electron chi connectivity index (χ4n) is 3.11. The highest BCUT2D eigenvalue weighted by Crippen LogP contribution is 2.36. The second-order valence-corrected chi connectivity index (χ2v) is 6.92. The molecule has 2 atom stereocenters.